The first kappa shape index (κ1) is 16.7. The van der Waals surface area contributed by atoms with Crippen LogP contribution in [-0.4, -0.2) is 17.0 Å². The van der Waals surface area contributed by atoms with E-state index in [0.717, 1.165) is 37.7 Å². The second-order valence-electron chi connectivity index (χ2n) is 6.74. The molecule has 1 aliphatic rings. The summed E-state index contributed by atoms with van der Waals surface area (Å²) in [6.07, 6.45) is 8.57. The predicted molar refractivity (Wildman–Crippen MR) is 93.3 cm³/mol. The molecular weight excluding hydrogens is 303 g/mol. The zero-order valence-electron chi connectivity index (χ0n) is 14.2. The maximum atomic E-state index is 14.3. The summed E-state index contributed by atoms with van der Waals surface area (Å²) in [4.78, 5) is 12.7. The number of halogens is 1. The zero-order chi connectivity index (χ0) is 17.0. The minimum atomic E-state index is -0.268. The highest BCUT2D eigenvalue weighted by Crippen LogP contribution is 2.41. The Labute approximate surface area is 142 Å². The number of rotatable bonds is 6. The van der Waals surface area contributed by atoms with Crippen molar-refractivity contribution in [2.24, 2.45) is 0 Å². The molecule has 2 aromatic rings. The van der Waals surface area contributed by atoms with Gasteiger partial charge >= 0.3 is 0 Å². The quantitative estimate of drug-likeness (QED) is 0.847. The van der Waals surface area contributed by atoms with Gasteiger partial charge in [-0.05, 0) is 43.0 Å². The van der Waals surface area contributed by atoms with E-state index in [0.29, 0.717) is 6.54 Å². The van der Waals surface area contributed by atoms with Gasteiger partial charge in [0.25, 0.3) is 0 Å². The smallest absolute Gasteiger partial charge is 0.243 e. The van der Waals surface area contributed by atoms with Crippen LogP contribution < -0.4 is 5.32 Å². The van der Waals surface area contributed by atoms with Crippen molar-refractivity contribution in [1.29, 1.82) is 0 Å². The monoisotopic (exact) mass is 328 g/mol. The second-order valence-corrected chi connectivity index (χ2v) is 6.74. The van der Waals surface area contributed by atoms with Crippen molar-refractivity contribution in [3.05, 3.63) is 60.2 Å². The van der Waals surface area contributed by atoms with E-state index < -0.39 is 0 Å². The largest absolute Gasteiger partial charge is 0.353 e. The Hall–Kier alpha value is -2.10. The van der Waals surface area contributed by atoms with Gasteiger partial charge in [0.2, 0.25) is 5.91 Å². The third-order valence-corrected chi connectivity index (χ3v) is 5.28. The van der Waals surface area contributed by atoms with E-state index in [1.165, 1.54) is 6.07 Å². The molecule has 1 aliphatic carbocycles. The number of hydrogen-bond acceptors (Lipinski definition) is 1. The van der Waals surface area contributed by atoms with E-state index in [-0.39, 0.29) is 23.2 Å². The fourth-order valence-electron chi connectivity index (χ4n) is 3.95. The molecule has 0 spiro atoms. The van der Waals surface area contributed by atoms with E-state index in [1.54, 1.807) is 6.07 Å². The maximum absolute atomic E-state index is 14.3. The van der Waals surface area contributed by atoms with Gasteiger partial charge in [0.1, 0.15) is 11.9 Å². The summed E-state index contributed by atoms with van der Waals surface area (Å²) in [5.41, 5.74) is 0.479. The first-order valence-electron chi connectivity index (χ1n) is 8.81. The number of aromatic nitrogens is 1. The van der Waals surface area contributed by atoms with Crippen molar-refractivity contribution in [3.63, 3.8) is 0 Å². The van der Waals surface area contributed by atoms with Crippen molar-refractivity contribution < 1.29 is 9.18 Å². The summed E-state index contributed by atoms with van der Waals surface area (Å²) in [7, 11) is 0. The lowest BCUT2D eigenvalue weighted by Crippen LogP contribution is -2.42. The summed E-state index contributed by atoms with van der Waals surface area (Å²) in [6.45, 7) is 2.51. The second kappa shape index (κ2) is 7.20. The fourth-order valence-corrected chi connectivity index (χ4v) is 3.95. The lowest BCUT2D eigenvalue weighted by atomic mass is 9.78. The Morgan fingerprint density at radius 3 is 2.50 bits per heavy atom. The van der Waals surface area contributed by atoms with Gasteiger partial charge in [0, 0.05) is 24.4 Å². The van der Waals surface area contributed by atoms with Crippen LogP contribution in [0.3, 0.4) is 0 Å². The van der Waals surface area contributed by atoms with Crippen molar-refractivity contribution in [2.45, 2.75) is 50.5 Å². The van der Waals surface area contributed by atoms with Crippen LogP contribution in [0.15, 0.2) is 48.8 Å². The molecule has 4 heteroatoms. The summed E-state index contributed by atoms with van der Waals surface area (Å²) in [5, 5.41) is 3.10. The van der Waals surface area contributed by atoms with Crippen LogP contribution in [0, 0.1) is 5.82 Å². The van der Waals surface area contributed by atoms with Crippen LogP contribution in [0.1, 0.15) is 50.6 Å². The molecule has 24 heavy (non-hydrogen) atoms. The molecule has 3 nitrogen and oxygen atoms in total. The molecule has 1 atom stereocenters. The Morgan fingerprint density at radius 2 is 1.88 bits per heavy atom. The van der Waals surface area contributed by atoms with Crippen LogP contribution in [-0.2, 0) is 10.2 Å². The Morgan fingerprint density at radius 1 is 1.21 bits per heavy atom. The van der Waals surface area contributed by atoms with Crippen LogP contribution in [0.2, 0.25) is 0 Å². The molecule has 0 radical (unpaired) electrons. The molecule has 3 rings (SSSR count). The molecule has 1 amide bonds. The minimum absolute atomic E-state index is 0.0105. The topological polar surface area (TPSA) is 34.0 Å². The molecule has 1 heterocycles. The fraction of sp³-hybridized carbons (Fsp3) is 0.450. The van der Waals surface area contributed by atoms with Gasteiger partial charge in [-0.2, -0.15) is 0 Å². The van der Waals surface area contributed by atoms with Crippen molar-refractivity contribution in [2.75, 3.05) is 6.54 Å². The van der Waals surface area contributed by atoms with E-state index in [2.05, 4.69) is 5.32 Å². The van der Waals surface area contributed by atoms with Gasteiger partial charge in [-0.25, -0.2) is 4.39 Å². The third kappa shape index (κ3) is 3.23. The third-order valence-electron chi connectivity index (χ3n) is 5.28. The van der Waals surface area contributed by atoms with E-state index in [4.69, 9.17) is 0 Å². The van der Waals surface area contributed by atoms with E-state index in [1.807, 2.05) is 48.1 Å². The van der Waals surface area contributed by atoms with E-state index >= 15 is 0 Å². The normalized spacial score (nSPS) is 17.6. The molecule has 1 fully saturated rings. The van der Waals surface area contributed by atoms with Gasteiger partial charge < -0.3 is 9.88 Å². The van der Waals surface area contributed by atoms with Crippen molar-refractivity contribution in [3.8, 4) is 0 Å². The highest BCUT2D eigenvalue weighted by Gasteiger charge is 2.38. The SMILES string of the molecule is CC[C@@H](C(=O)NCC1(c2ccccc2F)CCCC1)n1cccc1. The molecule has 1 N–H and O–H groups in total. The highest BCUT2D eigenvalue weighted by atomic mass is 19.1. The van der Waals surface area contributed by atoms with Gasteiger partial charge in [-0.1, -0.05) is 38.0 Å². The molecule has 0 aliphatic heterocycles. The molecule has 0 bridgehead atoms. The van der Waals surface area contributed by atoms with E-state index in [9.17, 15) is 9.18 Å². The number of benzene rings is 1. The molecule has 1 aromatic heterocycles. The maximum Gasteiger partial charge on any atom is 0.243 e. The average Bonchev–Trinajstić information content (AvgIpc) is 3.27. The van der Waals surface area contributed by atoms with Gasteiger partial charge in [0.15, 0.2) is 0 Å². The van der Waals surface area contributed by atoms with Crippen LogP contribution in [0.4, 0.5) is 4.39 Å². The number of hydrogen-bond donors (Lipinski definition) is 1. The number of nitrogens with zero attached hydrogens (tertiary/aromatic N) is 1. The summed E-state index contributed by atoms with van der Waals surface area (Å²) < 4.78 is 16.3. The number of amides is 1. The highest BCUT2D eigenvalue weighted by molar-refractivity contribution is 5.80. The minimum Gasteiger partial charge on any atom is -0.353 e. The molecule has 1 saturated carbocycles. The summed E-state index contributed by atoms with van der Waals surface area (Å²) in [6, 6.07) is 10.6. The van der Waals surface area contributed by atoms with Crippen molar-refractivity contribution >= 4 is 5.91 Å². The lowest BCUT2D eigenvalue weighted by molar-refractivity contribution is -0.124. The van der Waals surface area contributed by atoms with Gasteiger partial charge in [-0.15, -0.1) is 0 Å². The predicted octanol–water partition coefficient (Wildman–Crippen LogP) is 4.21. The number of carbonyl (C=O) groups is 1. The number of carbonyl (C=O) groups excluding carboxylic acids is 1. The van der Waals surface area contributed by atoms with Gasteiger partial charge in [0.05, 0.1) is 0 Å². The first-order chi connectivity index (χ1) is 11.7. The number of nitrogens with one attached hydrogen (secondary N) is 1. The standard InChI is InChI=1S/C20H25FN2O/c1-2-18(23-13-7-8-14-23)19(24)22-15-20(11-5-6-12-20)16-9-3-4-10-17(16)21/h3-4,7-10,13-14,18H,2,5-6,11-12,15H2,1H3,(H,22,24)/t18-/m0/s1. The molecule has 128 valence electrons. The van der Waals surface area contributed by atoms with Crippen LogP contribution in [0.5, 0.6) is 0 Å². The Balaban J connectivity index is 1.75. The van der Waals surface area contributed by atoms with Crippen LogP contribution >= 0.6 is 0 Å². The Kier molecular flexibility index (Phi) is 5.03. The molecule has 1 aromatic carbocycles. The van der Waals surface area contributed by atoms with Crippen LogP contribution in [0.25, 0.3) is 0 Å². The van der Waals surface area contributed by atoms with Crippen molar-refractivity contribution in [1.82, 2.24) is 9.88 Å². The van der Waals surface area contributed by atoms with Gasteiger partial charge in [-0.3, -0.25) is 4.79 Å². The molecular formula is C20H25FN2O. The lowest BCUT2D eigenvalue weighted by Gasteiger charge is -2.31. The summed E-state index contributed by atoms with van der Waals surface area (Å²) in [5.74, 6) is -0.151. The summed E-state index contributed by atoms with van der Waals surface area (Å²) >= 11 is 0. The average molecular weight is 328 g/mol. The first-order valence-corrected chi connectivity index (χ1v) is 8.81. The Bertz CT molecular complexity index is 675. The zero-order valence-corrected chi connectivity index (χ0v) is 14.2. The molecule has 0 unspecified atom stereocenters. The molecule has 0 saturated heterocycles.